The van der Waals surface area contributed by atoms with Gasteiger partial charge in [0.05, 0.1) is 0 Å². The van der Waals surface area contributed by atoms with Crippen molar-refractivity contribution in [2.45, 2.75) is 32.6 Å². The van der Waals surface area contributed by atoms with Crippen molar-refractivity contribution in [2.75, 3.05) is 20.1 Å². The van der Waals surface area contributed by atoms with Gasteiger partial charge >= 0.3 is 0 Å². The van der Waals surface area contributed by atoms with Crippen LogP contribution in [0.1, 0.15) is 32.6 Å². The van der Waals surface area contributed by atoms with Crippen LogP contribution in [0.5, 0.6) is 0 Å². The van der Waals surface area contributed by atoms with Crippen LogP contribution in [0.4, 0.5) is 0 Å². The molecule has 0 saturated heterocycles. The number of unbranched alkanes of at least 4 members (excludes halogenated alkanes) is 2. The van der Waals surface area contributed by atoms with Crippen molar-refractivity contribution in [1.82, 2.24) is 4.90 Å². The molecule has 0 atom stereocenters. The summed E-state index contributed by atoms with van der Waals surface area (Å²) in [6, 6.07) is 0. The van der Waals surface area contributed by atoms with Crippen LogP contribution in [0.15, 0.2) is 0 Å². The second-order valence-corrected chi connectivity index (χ2v) is 2.86. The Kier molecular flexibility index (Phi) is 14.7. The molecule has 0 fully saturated rings. The summed E-state index contributed by atoms with van der Waals surface area (Å²) < 4.78 is 0. The van der Waals surface area contributed by atoms with E-state index in [1.54, 1.807) is 0 Å². The van der Waals surface area contributed by atoms with E-state index in [0.29, 0.717) is 0 Å². The van der Waals surface area contributed by atoms with Crippen LogP contribution in [0, 0.1) is 6.92 Å². The Morgan fingerprint density at radius 1 is 1.18 bits per heavy atom. The van der Waals surface area contributed by atoms with Crippen molar-refractivity contribution in [1.29, 1.82) is 0 Å². The smallest absolute Gasteiger partial charge is 0 e. The fourth-order valence-electron chi connectivity index (χ4n) is 1.01. The first-order chi connectivity index (χ1) is 4.81. The minimum absolute atomic E-state index is 0. The predicted molar refractivity (Wildman–Crippen MR) is 47.0 cm³/mol. The van der Waals surface area contributed by atoms with Crippen LogP contribution >= 0.6 is 0 Å². The molecule has 0 spiro atoms. The Morgan fingerprint density at radius 2 is 1.82 bits per heavy atom. The summed E-state index contributed by atoms with van der Waals surface area (Å²) in [5, 5.41) is 0. The van der Waals surface area contributed by atoms with E-state index in [2.05, 4.69) is 25.8 Å². The summed E-state index contributed by atoms with van der Waals surface area (Å²) in [7, 11) is 2.17. The number of hydrogen-bond acceptors (Lipinski definition) is 1. The molecule has 0 saturated carbocycles. The van der Waals surface area contributed by atoms with Crippen LogP contribution in [0.25, 0.3) is 0 Å². The minimum atomic E-state index is 0. The van der Waals surface area contributed by atoms with E-state index in [4.69, 9.17) is 0 Å². The van der Waals surface area contributed by atoms with Crippen molar-refractivity contribution in [3.63, 3.8) is 0 Å². The Labute approximate surface area is 96.8 Å². The largest absolute Gasteiger partial charge is 0.342 e. The third-order valence-electron chi connectivity index (χ3n) is 1.68. The first-order valence-electron chi connectivity index (χ1n) is 4.29. The van der Waals surface area contributed by atoms with Crippen molar-refractivity contribution >= 4 is 0 Å². The van der Waals surface area contributed by atoms with Gasteiger partial charge in [-0.2, -0.15) is 6.42 Å². The van der Waals surface area contributed by atoms with Crippen LogP contribution in [0.3, 0.4) is 0 Å². The van der Waals surface area contributed by atoms with Crippen LogP contribution in [0.2, 0.25) is 0 Å². The van der Waals surface area contributed by atoms with Gasteiger partial charge in [0.1, 0.15) is 0 Å². The summed E-state index contributed by atoms with van der Waals surface area (Å²) in [4.78, 5) is 2.35. The zero-order valence-electron chi connectivity index (χ0n) is 7.97. The molecular weight excluding hydrogens is 211 g/mol. The van der Waals surface area contributed by atoms with Gasteiger partial charge in [-0.1, -0.05) is 19.8 Å². The molecule has 1 nitrogen and oxygen atoms in total. The average molecular weight is 231 g/mol. The standard InChI is InChI=1S/C9H20N.Y/c1-4-6-7-9-10(3)8-5-2;/h2,4-9H2,1,3H3;/q-1;. The molecule has 11 heavy (non-hydrogen) atoms. The van der Waals surface area contributed by atoms with Crippen LogP contribution < -0.4 is 0 Å². The van der Waals surface area contributed by atoms with E-state index in [1.807, 2.05) is 0 Å². The van der Waals surface area contributed by atoms with Gasteiger partial charge in [-0.3, -0.25) is 0 Å². The fraction of sp³-hybridized carbons (Fsp3) is 0.889. The van der Waals surface area contributed by atoms with E-state index >= 15 is 0 Å². The molecule has 2 heteroatoms. The third-order valence-corrected chi connectivity index (χ3v) is 1.68. The van der Waals surface area contributed by atoms with Crippen LogP contribution in [-0.4, -0.2) is 25.0 Å². The van der Waals surface area contributed by atoms with Crippen molar-refractivity contribution < 1.29 is 32.7 Å². The normalized spacial score (nSPS) is 9.82. The Hall–Kier alpha value is 1.06. The number of hydrogen-bond donors (Lipinski definition) is 0. The SMILES string of the molecule is [CH2-]CCN(C)CCCCC.[Y]. The second-order valence-electron chi connectivity index (χ2n) is 2.86. The molecule has 0 bridgehead atoms. The molecular formula is C9H20NY-. The number of rotatable bonds is 6. The molecule has 0 aromatic heterocycles. The molecule has 0 heterocycles. The van der Waals surface area contributed by atoms with E-state index in [-0.39, 0.29) is 32.7 Å². The van der Waals surface area contributed by atoms with Gasteiger partial charge < -0.3 is 11.8 Å². The summed E-state index contributed by atoms with van der Waals surface area (Å²) in [5.74, 6) is 0. The van der Waals surface area contributed by atoms with E-state index in [1.165, 1.54) is 25.8 Å². The zero-order valence-corrected chi connectivity index (χ0v) is 10.8. The molecule has 1 radical (unpaired) electrons. The maximum absolute atomic E-state index is 3.81. The maximum atomic E-state index is 3.81. The zero-order chi connectivity index (χ0) is 7.82. The van der Waals surface area contributed by atoms with Crippen LogP contribution in [-0.2, 0) is 32.7 Å². The van der Waals surface area contributed by atoms with Gasteiger partial charge in [0.2, 0.25) is 0 Å². The summed E-state index contributed by atoms with van der Waals surface area (Å²) in [6.45, 7) is 8.43. The Bertz CT molecular complexity index is 66.6. The predicted octanol–water partition coefficient (Wildman–Crippen LogP) is 2.33. The second kappa shape index (κ2) is 11.1. The van der Waals surface area contributed by atoms with E-state index in [0.717, 1.165) is 13.0 Å². The first-order valence-corrected chi connectivity index (χ1v) is 4.29. The third kappa shape index (κ3) is 11.1. The molecule has 0 aromatic rings. The molecule has 0 aliphatic rings. The molecule has 0 N–H and O–H groups in total. The Morgan fingerprint density at radius 3 is 2.27 bits per heavy atom. The summed E-state index contributed by atoms with van der Waals surface area (Å²) >= 11 is 0. The molecule has 0 aliphatic carbocycles. The van der Waals surface area contributed by atoms with Gasteiger partial charge in [0, 0.05) is 32.7 Å². The topological polar surface area (TPSA) is 3.24 Å². The van der Waals surface area contributed by atoms with Crippen molar-refractivity contribution in [3.05, 3.63) is 6.92 Å². The van der Waals surface area contributed by atoms with Gasteiger partial charge in [-0.25, -0.2) is 0 Å². The maximum Gasteiger partial charge on any atom is 0 e. The molecule has 0 rings (SSSR count). The Balaban J connectivity index is 0. The van der Waals surface area contributed by atoms with Gasteiger partial charge in [0.15, 0.2) is 0 Å². The van der Waals surface area contributed by atoms with Gasteiger partial charge in [-0.05, 0) is 26.6 Å². The van der Waals surface area contributed by atoms with Crippen molar-refractivity contribution in [2.24, 2.45) is 0 Å². The first kappa shape index (κ1) is 14.6. The molecule has 0 aliphatic heterocycles. The quantitative estimate of drug-likeness (QED) is 0.501. The fourth-order valence-corrected chi connectivity index (χ4v) is 1.01. The van der Waals surface area contributed by atoms with Crippen molar-refractivity contribution in [3.8, 4) is 0 Å². The molecule has 65 valence electrons. The number of nitrogens with zero attached hydrogens (tertiary/aromatic N) is 1. The van der Waals surface area contributed by atoms with Gasteiger partial charge in [0.25, 0.3) is 0 Å². The molecule has 0 amide bonds. The monoisotopic (exact) mass is 231 g/mol. The van der Waals surface area contributed by atoms with Gasteiger partial charge in [-0.15, -0.1) is 0 Å². The summed E-state index contributed by atoms with van der Waals surface area (Å²) in [6.07, 6.45) is 5.05. The minimum Gasteiger partial charge on any atom is -0.342 e. The molecule has 0 aromatic carbocycles. The van der Waals surface area contributed by atoms with E-state index < -0.39 is 0 Å². The molecule has 0 unspecified atom stereocenters. The van der Waals surface area contributed by atoms with E-state index in [9.17, 15) is 0 Å². The summed E-state index contributed by atoms with van der Waals surface area (Å²) in [5.41, 5.74) is 0. The average Bonchev–Trinajstić information content (AvgIpc) is 1.89.